The van der Waals surface area contributed by atoms with Crippen molar-refractivity contribution in [2.24, 2.45) is 0 Å². The molecule has 0 aromatic heterocycles. The fraction of sp³-hybridized carbons (Fsp3) is 0.222. The number of carbonyl (C=O) groups is 2. The first-order valence-corrected chi connectivity index (χ1v) is 7.63. The van der Waals surface area contributed by atoms with Gasteiger partial charge in [-0.15, -0.1) is 0 Å². The van der Waals surface area contributed by atoms with Gasteiger partial charge in [-0.25, -0.2) is 4.79 Å². The highest BCUT2D eigenvalue weighted by Gasteiger charge is 2.11. The van der Waals surface area contributed by atoms with Crippen molar-refractivity contribution in [2.75, 3.05) is 26.0 Å². The molecule has 0 saturated heterocycles. The molecule has 2 aromatic rings. The Morgan fingerprint density at radius 3 is 2.50 bits per heavy atom. The SMILES string of the molecule is CNC(=O)c1ccc(OC)c(NC(=O)NCCc2ccccc2)c1. The smallest absolute Gasteiger partial charge is 0.319 e. The number of benzene rings is 2. The van der Waals surface area contributed by atoms with E-state index in [4.69, 9.17) is 4.74 Å². The second-order valence-electron chi connectivity index (χ2n) is 5.11. The summed E-state index contributed by atoms with van der Waals surface area (Å²) >= 11 is 0. The summed E-state index contributed by atoms with van der Waals surface area (Å²) in [6.45, 7) is 0.507. The molecule has 0 atom stereocenters. The third-order valence-electron chi connectivity index (χ3n) is 3.48. The predicted molar refractivity (Wildman–Crippen MR) is 93.6 cm³/mol. The zero-order chi connectivity index (χ0) is 17.4. The van der Waals surface area contributed by atoms with Gasteiger partial charge >= 0.3 is 6.03 Å². The summed E-state index contributed by atoms with van der Waals surface area (Å²) in [6.07, 6.45) is 0.740. The van der Waals surface area contributed by atoms with Gasteiger partial charge in [0.2, 0.25) is 0 Å². The molecule has 126 valence electrons. The summed E-state index contributed by atoms with van der Waals surface area (Å²) in [5.41, 5.74) is 2.03. The Labute approximate surface area is 141 Å². The molecular formula is C18H21N3O3. The maximum absolute atomic E-state index is 12.0. The maximum Gasteiger partial charge on any atom is 0.319 e. The van der Waals surface area contributed by atoms with E-state index in [9.17, 15) is 9.59 Å². The van der Waals surface area contributed by atoms with Crippen LogP contribution in [-0.4, -0.2) is 32.6 Å². The summed E-state index contributed by atoms with van der Waals surface area (Å²) in [5.74, 6) is 0.256. The lowest BCUT2D eigenvalue weighted by Crippen LogP contribution is -2.30. The van der Waals surface area contributed by atoms with Crippen molar-refractivity contribution in [3.8, 4) is 5.75 Å². The monoisotopic (exact) mass is 327 g/mol. The Bertz CT molecular complexity index is 702. The molecule has 24 heavy (non-hydrogen) atoms. The number of hydrogen-bond acceptors (Lipinski definition) is 3. The Morgan fingerprint density at radius 1 is 1.08 bits per heavy atom. The van der Waals surface area contributed by atoms with Gasteiger partial charge in [-0.05, 0) is 30.2 Å². The van der Waals surface area contributed by atoms with Gasteiger partial charge in [-0.3, -0.25) is 4.79 Å². The summed E-state index contributed by atoms with van der Waals surface area (Å²) in [4.78, 5) is 23.7. The number of rotatable bonds is 6. The van der Waals surface area contributed by atoms with Crippen LogP contribution in [0.2, 0.25) is 0 Å². The standard InChI is InChI=1S/C18H21N3O3/c1-19-17(22)14-8-9-16(24-2)15(12-14)21-18(23)20-11-10-13-6-4-3-5-7-13/h3-9,12H,10-11H2,1-2H3,(H,19,22)(H2,20,21,23). The molecule has 0 aliphatic heterocycles. The van der Waals surface area contributed by atoms with Crippen molar-refractivity contribution < 1.29 is 14.3 Å². The zero-order valence-electron chi connectivity index (χ0n) is 13.8. The number of anilines is 1. The fourth-order valence-corrected chi connectivity index (χ4v) is 2.22. The summed E-state index contributed by atoms with van der Waals surface area (Å²) in [6, 6.07) is 14.4. The van der Waals surface area contributed by atoms with Crippen molar-refractivity contribution in [3.63, 3.8) is 0 Å². The van der Waals surface area contributed by atoms with Crippen LogP contribution in [-0.2, 0) is 6.42 Å². The number of methoxy groups -OCH3 is 1. The number of urea groups is 1. The molecule has 3 amide bonds. The molecule has 2 aromatic carbocycles. The van der Waals surface area contributed by atoms with Crippen LogP contribution in [0, 0.1) is 0 Å². The number of ether oxygens (including phenoxy) is 1. The van der Waals surface area contributed by atoms with Crippen LogP contribution < -0.4 is 20.7 Å². The van der Waals surface area contributed by atoms with Crippen LogP contribution in [0.5, 0.6) is 5.75 Å². The van der Waals surface area contributed by atoms with Gasteiger partial charge in [-0.2, -0.15) is 0 Å². The number of carbonyl (C=O) groups excluding carboxylic acids is 2. The van der Waals surface area contributed by atoms with Crippen molar-refractivity contribution in [3.05, 3.63) is 59.7 Å². The molecule has 6 heteroatoms. The molecule has 0 fully saturated rings. The lowest BCUT2D eigenvalue weighted by Gasteiger charge is -2.12. The zero-order valence-corrected chi connectivity index (χ0v) is 13.8. The largest absolute Gasteiger partial charge is 0.495 e. The van der Waals surface area contributed by atoms with E-state index in [1.54, 1.807) is 25.2 Å². The van der Waals surface area contributed by atoms with Gasteiger partial charge in [0.05, 0.1) is 12.8 Å². The van der Waals surface area contributed by atoms with E-state index in [0.717, 1.165) is 12.0 Å². The lowest BCUT2D eigenvalue weighted by atomic mass is 10.1. The highest BCUT2D eigenvalue weighted by Crippen LogP contribution is 2.25. The van der Waals surface area contributed by atoms with E-state index in [0.29, 0.717) is 23.5 Å². The minimum Gasteiger partial charge on any atom is -0.495 e. The minimum atomic E-state index is -0.349. The molecule has 0 heterocycles. The van der Waals surface area contributed by atoms with Crippen molar-refractivity contribution in [1.82, 2.24) is 10.6 Å². The van der Waals surface area contributed by atoms with Gasteiger partial charge in [0.15, 0.2) is 0 Å². The van der Waals surface area contributed by atoms with E-state index in [1.807, 2.05) is 30.3 Å². The maximum atomic E-state index is 12.0. The quantitative estimate of drug-likeness (QED) is 0.762. The van der Waals surface area contributed by atoms with E-state index in [2.05, 4.69) is 16.0 Å². The molecule has 0 spiro atoms. The molecule has 0 aliphatic carbocycles. The van der Waals surface area contributed by atoms with Crippen molar-refractivity contribution in [2.45, 2.75) is 6.42 Å². The number of nitrogens with one attached hydrogen (secondary N) is 3. The molecule has 6 nitrogen and oxygen atoms in total. The minimum absolute atomic E-state index is 0.231. The first kappa shape index (κ1) is 17.3. The van der Waals surface area contributed by atoms with E-state index in [1.165, 1.54) is 7.11 Å². The topological polar surface area (TPSA) is 79.5 Å². The van der Waals surface area contributed by atoms with Gasteiger partial charge in [0.1, 0.15) is 5.75 Å². The van der Waals surface area contributed by atoms with Crippen LogP contribution in [0.1, 0.15) is 15.9 Å². The van der Waals surface area contributed by atoms with Crippen LogP contribution in [0.3, 0.4) is 0 Å². The third kappa shape index (κ3) is 4.74. The normalized spacial score (nSPS) is 9.92. The summed E-state index contributed by atoms with van der Waals surface area (Å²) < 4.78 is 5.21. The van der Waals surface area contributed by atoms with Gasteiger partial charge in [0.25, 0.3) is 5.91 Å². The van der Waals surface area contributed by atoms with Crippen LogP contribution in [0.15, 0.2) is 48.5 Å². The first-order chi connectivity index (χ1) is 11.6. The highest BCUT2D eigenvalue weighted by molar-refractivity contribution is 5.97. The van der Waals surface area contributed by atoms with E-state index in [-0.39, 0.29) is 11.9 Å². The molecule has 0 saturated carbocycles. The average Bonchev–Trinajstić information content (AvgIpc) is 2.62. The molecule has 0 unspecified atom stereocenters. The Balaban J connectivity index is 1.96. The third-order valence-corrected chi connectivity index (χ3v) is 3.48. The Morgan fingerprint density at radius 2 is 1.83 bits per heavy atom. The van der Waals surface area contributed by atoms with Crippen LogP contribution in [0.25, 0.3) is 0 Å². The Hall–Kier alpha value is -3.02. The average molecular weight is 327 g/mol. The van der Waals surface area contributed by atoms with E-state index >= 15 is 0 Å². The van der Waals surface area contributed by atoms with Crippen molar-refractivity contribution in [1.29, 1.82) is 0 Å². The molecule has 0 radical (unpaired) electrons. The number of amides is 3. The van der Waals surface area contributed by atoms with Gasteiger partial charge < -0.3 is 20.7 Å². The molecule has 3 N–H and O–H groups in total. The summed E-state index contributed by atoms with van der Waals surface area (Å²) in [7, 11) is 3.06. The molecule has 0 bridgehead atoms. The van der Waals surface area contributed by atoms with Crippen molar-refractivity contribution >= 4 is 17.6 Å². The first-order valence-electron chi connectivity index (χ1n) is 7.63. The number of hydrogen-bond donors (Lipinski definition) is 3. The molecule has 0 aliphatic rings. The van der Waals surface area contributed by atoms with Gasteiger partial charge in [0, 0.05) is 19.2 Å². The second-order valence-corrected chi connectivity index (χ2v) is 5.11. The molecule has 2 rings (SSSR count). The summed E-state index contributed by atoms with van der Waals surface area (Å²) in [5, 5.41) is 8.04. The fourth-order valence-electron chi connectivity index (χ4n) is 2.22. The predicted octanol–water partition coefficient (Wildman–Crippen LogP) is 2.42. The highest BCUT2D eigenvalue weighted by atomic mass is 16.5. The van der Waals surface area contributed by atoms with Gasteiger partial charge in [-0.1, -0.05) is 30.3 Å². The second kappa shape index (κ2) is 8.57. The van der Waals surface area contributed by atoms with E-state index < -0.39 is 0 Å². The van der Waals surface area contributed by atoms with Crippen LogP contribution in [0.4, 0.5) is 10.5 Å². The lowest BCUT2D eigenvalue weighted by molar-refractivity contribution is 0.0963. The Kier molecular flexibility index (Phi) is 6.19. The molecular weight excluding hydrogens is 306 g/mol. The van der Waals surface area contributed by atoms with Crippen LogP contribution >= 0.6 is 0 Å².